The van der Waals surface area contributed by atoms with Gasteiger partial charge >= 0.3 is 6.09 Å². The topological polar surface area (TPSA) is 65.1 Å². The van der Waals surface area contributed by atoms with E-state index in [-0.39, 0.29) is 12.6 Å². The fourth-order valence-corrected chi connectivity index (χ4v) is 2.04. The van der Waals surface area contributed by atoms with Gasteiger partial charge in [0, 0.05) is 32.0 Å². The van der Waals surface area contributed by atoms with Crippen molar-refractivity contribution in [2.75, 3.05) is 19.9 Å². The minimum absolute atomic E-state index is 0.182. The van der Waals surface area contributed by atoms with Crippen molar-refractivity contribution in [2.45, 2.75) is 12.8 Å². The lowest BCUT2D eigenvalue weighted by atomic mass is 10.1. The molecule has 0 radical (unpaired) electrons. The smallest absolute Gasteiger partial charge is 0.415 e. The van der Waals surface area contributed by atoms with Crippen molar-refractivity contribution >= 4 is 11.9 Å². The van der Waals surface area contributed by atoms with E-state index in [9.17, 15) is 9.59 Å². The molecule has 0 atom stereocenters. The molecule has 1 amide bonds. The summed E-state index contributed by atoms with van der Waals surface area (Å²) in [5, 5.41) is 0. The Bertz CT molecular complexity index is 518. The lowest BCUT2D eigenvalue weighted by molar-refractivity contribution is -0.121. The number of ether oxygens (including phenoxy) is 3. The van der Waals surface area contributed by atoms with Gasteiger partial charge in [0.1, 0.15) is 11.5 Å². The van der Waals surface area contributed by atoms with E-state index in [1.165, 1.54) is 4.90 Å². The van der Waals surface area contributed by atoms with E-state index < -0.39 is 6.09 Å². The van der Waals surface area contributed by atoms with Crippen LogP contribution < -0.4 is 14.2 Å². The Morgan fingerprint density at radius 3 is 2.68 bits per heavy atom. The van der Waals surface area contributed by atoms with Gasteiger partial charge in [-0.3, -0.25) is 4.79 Å². The average Bonchev–Trinajstić information content (AvgIpc) is 2.87. The largest absolute Gasteiger partial charge is 0.454 e. The molecule has 19 heavy (non-hydrogen) atoms. The van der Waals surface area contributed by atoms with Crippen LogP contribution in [0.5, 0.6) is 17.2 Å². The van der Waals surface area contributed by atoms with Crippen molar-refractivity contribution in [1.29, 1.82) is 0 Å². The number of amides is 1. The maximum absolute atomic E-state index is 11.9. The van der Waals surface area contributed by atoms with Crippen molar-refractivity contribution in [1.82, 2.24) is 4.90 Å². The number of benzene rings is 1. The second-order valence-corrected chi connectivity index (χ2v) is 4.41. The summed E-state index contributed by atoms with van der Waals surface area (Å²) >= 11 is 0. The molecule has 2 heterocycles. The lowest BCUT2D eigenvalue weighted by Crippen LogP contribution is -2.40. The third kappa shape index (κ3) is 2.47. The van der Waals surface area contributed by atoms with E-state index in [4.69, 9.17) is 14.2 Å². The van der Waals surface area contributed by atoms with Crippen LogP contribution in [0, 0.1) is 0 Å². The first-order chi connectivity index (χ1) is 9.22. The highest BCUT2D eigenvalue weighted by Gasteiger charge is 2.23. The summed E-state index contributed by atoms with van der Waals surface area (Å²) in [5.41, 5.74) is 0. The third-order valence-corrected chi connectivity index (χ3v) is 3.13. The summed E-state index contributed by atoms with van der Waals surface area (Å²) < 4.78 is 15.6. The van der Waals surface area contributed by atoms with Crippen LogP contribution in [0.25, 0.3) is 0 Å². The summed E-state index contributed by atoms with van der Waals surface area (Å²) in [6.07, 6.45) is 0.360. The molecule has 0 spiro atoms. The molecule has 6 heteroatoms. The summed E-state index contributed by atoms with van der Waals surface area (Å²) in [4.78, 5) is 24.5. The number of Topliss-reactive ketones (excluding diaryl/α,β-unsaturated/α-hetero) is 1. The number of carbonyl (C=O) groups excluding carboxylic acids is 2. The fourth-order valence-electron chi connectivity index (χ4n) is 2.04. The molecule has 3 rings (SSSR count). The monoisotopic (exact) mass is 263 g/mol. The number of nitrogens with zero attached hydrogens (tertiary/aromatic N) is 1. The molecule has 2 aliphatic heterocycles. The van der Waals surface area contributed by atoms with Gasteiger partial charge in [0.15, 0.2) is 11.5 Å². The van der Waals surface area contributed by atoms with Crippen LogP contribution in [-0.4, -0.2) is 36.7 Å². The molecular weight excluding hydrogens is 250 g/mol. The van der Waals surface area contributed by atoms with Crippen molar-refractivity contribution in [2.24, 2.45) is 0 Å². The Morgan fingerprint density at radius 1 is 1.16 bits per heavy atom. The van der Waals surface area contributed by atoms with Gasteiger partial charge in [-0.1, -0.05) is 0 Å². The van der Waals surface area contributed by atoms with Gasteiger partial charge in [-0.2, -0.15) is 0 Å². The van der Waals surface area contributed by atoms with E-state index in [1.807, 2.05) is 0 Å². The first-order valence-corrected chi connectivity index (χ1v) is 6.10. The van der Waals surface area contributed by atoms with Crippen LogP contribution in [0.3, 0.4) is 0 Å². The van der Waals surface area contributed by atoms with Crippen molar-refractivity contribution in [3.8, 4) is 17.2 Å². The van der Waals surface area contributed by atoms with Crippen LogP contribution in [0.4, 0.5) is 4.79 Å². The first-order valence-electron chi connectivity index (χ1n) is 6.10. The number of rotatable bonds is 1. The number of piperidine rings is 1. The third-order valence-electron chi connectivity index (χ3n) is 3.13. The minimum atomic E-state index is -0.439. The maximum Gasteiger partial charge on any atom is 0.415 e. The highest BCUT2D eigenvalue weighted by atomic mass is 16.7. The van der Waals surface area contributed by atoms with Gasteiger partial charge in [0.2, 0.25) is 6.79 Å². The number of likely N-dealkylation sites (tertiary alicyclic amines) is 1. The Morgan fingerprint density at radius 2 is 1.89 bits per heavy atom. The van der Waals surface area contributed by atoms with Gasteiger partial charge in [-0.25, -0.2) is 4.79 Å². The zero-order valence-corrected chi connectivity index (χ0v) is 10.3. The molecule has 0 N–H and O–H groups in total. The second-order valence-electron chi connectivity index (χ2n) is 4.41. The summed E-state index contributed by atoms with van der Waals surface area (Å²) in [6.45, 7) is 1.02. The van der Waals surface area contributed by atoms with Crippen LogP contribution in [-0.2, 0) is 4.79 Å². The molecule has 1 aromatic carbocycles. The van der Waals surface area contributed by atoms with Crippen molar-refractivity contribution in [3.63, 3.8) is 0 Å². The van der Waals surface area contributed by atoms with Crippen LogP contribution in [0.15, 0.2) is 18.2 Å². The molecule has 2 aliphatic rings. The zero-order chi connectivity index (χ0) is 13.2. The predicted octanol–water partition coefficient (Wildman–Crippen LogP) is 1.58. The Labute approximate surface area is 109 Å². The van der Waals surface area contributed by atoms with E-state index in [0.29, 0.717) is 43.2 Å². The van der Waals surface area contributed by atoms with E-state index >= 15 is 0 Å². The summed E-state index contributed by atoms with van der Waals surface area (Å²) in [6, 6.07) is 4.97. The molecule has 1 saturated heterocycles. The molecule has 0 aromatic heterocycles. The van der Waals surface area contributed by atoms with Crippen molar-refractivity contribution in [3.05, 3.63) is 18.2 Å². The molecular formula is C13H13NO5. The normalized spacial score (nSPS) is 17.5. The Hall–Kier alpha value is -2.24. The second kappa shape index (κ2) is 4.79. The van der Waals surface area contributed by atoms with E-state index in [1.54, 1.807) is 18.2 Å². The van der Waals surface area contributed by atoms with Gasteiger partial charge in [0.25, 0.3) is 0 Å². The fraction of sp³-hybridized carbons (Fsp3) is 0.385. The molecule has 0 bridgehead atoms. The Kier molecular flexibility index (Phi) is 2.98. The van der Waals surface area contributed by atoms with Gasteiger partial charge in [-0.05, 0) is 12.1 Å². The summed E-state index contributed by atoms with van der Waals surface area (Å²) in [5.74, 6) is 1.81. The number of ketones is 1. The van der Waals surface area contributed by atoms with Gasteiger partial charge < -0.3 is 19.1 Å². The molecule has 0 unspecified atom stereocenters. The molecule has 0 aliphatic carbocycles. The predicted molar refractivity (Wildman–Crippen MR) is 64.4 cm³/mol. The number of hydrogen-bond acceptors (Lipinski definition) is 5. The average molecular weight is 263 g/mol. The van der Waals surface area contributed by atoms with Crippen LogP contribution in [0.1, 0.15) is 12.8 Å². The number of carbonyl (C=O) groups is 2. The van der Waals surface area contributed by atoms with Gasteiger partial charge in [0.05, 0.1) is 0 Å². The first kappa shape index (κ1) is 11.8. The lowest BCUT2D eigenvalue weighted by Gasteiger charge is -2.25. The standard InChI is InChI=1S/C13H13NO5/c15-9-3-5-14(6-4-9)13(16)19-10-1-2-11-12(7-10)18-8-17-11/h1-2,7H,3-6,8H2. The number of hydrogen-bond donors (Lipinski definition) is 0. The minimum Gasteiger partial charge on any atom is -0.454 e. The van der Waals surface area contributed by atoms with Crippen molar-refractivity contribution < 1.29 is 23.8 Å². The van der Waals surface area contributed by atoms with E-state index in [2.05, 4.69) is 0 Å². The highest BCUT2D eigenvalue weighted by molar-refractivity contribution is 5.82. The van der Waals surface area contributed by atoms with Crippen LogP contribution >= 0.6 is 0 Å². The Balaban J connectivity index is 1.64. The maximum atomic E-state index is 11.9. The molecule has 1 fully saturated rings. The van der Waals surface area contributed by atoms with E-state index in [0.717, 1.165) is 0 Å². The molecule has 0 saturated carbocycles. The SMILES string of the molecule is O=C1CCN(C(=O)Oc2ccc3c(c2)OCO3)CC1. The summed E-state index contributed by atoms with van der Waals surface area (Å²) in [7, 11) is 0. The highest BCUT2D eigenvalue weighted by Crippen LogP contribution is 2.35. The zero-order valence-electron chi connectivity index (χ0n) is 10.3. The molecule has 100 valence electrons. The molecule has 6 nitrogen and oxygen atoms in total. The number of fused-ring (bicyclic) bond motifs is 1. The van der Waals surface area contributed by atoms with Gasteiger partial charge in [-0.15, -0.1) is 0 Å². The van der Waals surface area contributed by atoms with Crippen LogP contribution in [0.2, 0.25) is 0 Å². The quantitative estimate of drug-likeness (QED) is 0.769. The molecule has 1 aromatic rings.